The van der Waals surface area contributed by atoms with Crippen LogP contribution >= 0.6 is 0 Å². The van der Waals surface area contributed by atoms with Gasteiger partial charge < -0.3 is 16.0 Å². The highest BCUT2D eigenvalue weighted by atomic mass is 32.2. The van der Waals surface area contributed by atoms with Crippen molar-refractivity contribution < 1.29 is 30.8 Å². The molecule has 4 aromatic rings. The molecule has 4 N–H and O–H groups in total. The number of hydrogen-bond acceptors (Lipinski definition) is 7. The summed E-state index contributed by atoms with van der Waals surface area (Å²) in [5.41, 5.74) is 0.404. The van der Waals surface area contributed by atoms with E-state index in [1.807, 2.05) is 0 Å². The monoisotopic (exact) mass is 580 g/mol. The van der Waals surface area contributed by atoms with Crippen LogP contribution in [-0.4, -0.2) is 53.5 Å². The van der Waals surface area contributed by atoms with E-state index in [9.17, 15) is 30.8 Å². The zero-order valence-electron chi connectivity index (χ0n) is 21.2. The Labute approximate surface area is 226 Å². The van der Waals surface area contributed by atoms with E-state index in [1.165, 1.54) is 0 Å². The molecule has 0 spiro atoms. The molecule has 0 atom stereocenters. The number of alkyl halides is 3. The van der Waals surface area contributed by atoms with Gasteiger partial charge in [0.25, 0.3) is 0 Å². The molecule has 2 amide bonds. The van der Waals surface area contributed by atoms with Crippen LogP contribution in [-0.2, 0) is 23.2 Å². The van der Waals surface area contributed by atoms with Gasteiger partial charge in [-0.05, 0) is 36.8 Å². The molecular weight excluding hydrogens is 556 g/mol. The highest BCUT2D eigenvalue weighted by Gasteiger charge is 2.31. The Balaban J connectivity index is 1.41. The molecule has 212 valence electrons. The molecule has 0 fully saturated rings. The van der Waals surface area contributed by atoms with Crippen molar-refractivity contribution in [1.29, 1.82) is 0 Å². The fourth-order valence-electron chi connectivity index (χ4n) is 3.68. The lowest BCUT2D eigenvalue weighted by atomic mass is 10.1. The summed E-state index contributed by atoms with van der Waals surface area (Å²) in [5, 5.41) is 12.7. The van der Waals surface area contributed by atoms with Gasteiger partial charge in [0.05, 0.1) is 22.9 Å². The molecule has 2 aromatic carbocycles. The maximum absolute atomic E-state index is 13.9. The summed E-state index contributed by atoms with van der Waals surface area (Å²) >= 11 is 0. The number of urea groups is 1. The normalized spacial score (nSPS) is 11.9. The van der Waals surface area contributed by atoms with Crippen LogP contribution in [0.1, 0.15) is 12.0 Å². The van der Waals surface area contributed by atoms with Crippen LogP contribution in [0.4, 0.5) is 39.7 Å². The van der Waals surface area contributed by atoms with Gasteiger partial charge in [-0.25, -0.2) is 32.0 Å². The summed E-state index contributed by atoms with van der Waals surface area (Å²) in [4.78, 5) is 21.0. The summed E-state index contributed by atoms with van der Waals surface area (Å²) in [7, 11) is -1.53. The molecule has 4 rings (SSSR count). The number of anilines is 3. The topological polar surface area (TPSA) is 143 Å². The van der Waals surface area contributed by atoms with Crippen LogP contribution in [0.3, 0.4) is 0 Å². The second-order valence-electron chi connectivity index (χ2n) is 8.70. The van der Waals surface area contributed by atoms with Gasteiger partial charge in [0.2, 0.25) is 16.0 Å². The molecule has 0 aliphatic rings. The standard InChI is InChI=1S/C24H24F4N8O3S/c1-36-21-17(13-30-22(34-21)29-10-3-11-31-40(2,38)39)20(35-36)14-4-7-16(8-5-14)32-23(37)33-19-12-15(24(26,27)28)6-9-18(19)25/h4-9,12-13,31H,3,10-11H2,1-2H3,(H,29,30,34)(H2,32,33,37). The molecule has 11 nitrogen and oxygen atoms in total. The van der Waals surface area contributed by atoms with E-state index in [0.717, 1.165) is 6.26 Å². The second kappa shape index (κ2) is 11.4. The first-order valence-corrected chi connectivity index (χ1v) is 13.6. The summed E-state index contributed by atoms with van der Waals surface area (Å²) in [5.74, 6) is -0.658. The number of hydrogen-bond donors (Lipinski definition) is 4. The van der Waals surface area contributed by atoms with Crippen LogP contribution < -0.4 is 20.7 Å². The number of halogens is 4. The lowest BCUT2D eigenvalue weighted by Crippen LogP contribution is -2.24. The number of carbonyl (C=O) groups is 1. The maximum Gasteiger partial charge on any atom is 0.416 e. The Hall–Kier alpha value is -4.31. The van der Waals surface area contributed by atoms with Crippen LogP contribution in [0.2, 0.25) is 0 Å². The molecule has 0 bridgehead atoms. The minimum Gasteiger partial charge on any atom is -0.354 e. The maximum atomic E-state index is 13.9. The van der Waals surface area contributed by atoms with Crippen molar-refractivity contribution in [1.82, 2.24) is 24.5 Å². The number of benzene rings is 2. The number of rotatable bonds is 9. The molecular formula is C24H24F4N8O3S. The van der Waals surface area contributed by atoms with E-state index in [4.69, 9.17) is 0 Å². The molecule has 0 saturated carbocycles. The van der Waals surface area contributed by atoms with Crippen LogP contribution in [0.25, 0.3) is 22.3 Å². The Kier molecular flexibility index (Phi) is 8.20. The van der Waals surface area contributed by atoms with E-state index >= 15 is 0 Å². The first kappa shape index (κ1) is 28.7. The number of aromatic nitrogens is 4. The van der Waals surface area contributed by atoms with Gasteiger partial charge >= 0.3 is 12.2 Å². The number of amides is 2. The van der Waals surface area contributed by atoms with Crippen molar-refractivity contribution in [3.8, 4) is 11.3 Å². The zero-order valence-corrected chi connectivity index (χ0v) is 22.0. The highest BCUT2D eigenvalue weighted by Crippen LogP contribution is 2.32. The number of sulfonamides is 1. The van der Waals surface area contributed by atoms with Gasteiger partial charge in [0.1, 0.15) is 11.5 Å². The average molecular weight is 581 g/mol. The fraction of sp³-hybridized carbons (Fsp3) is 0.250. The van der Waals surface area contributed by atoms with Crippen molar-refractivity contribution in [2.45, 2.75) is 12.6 Å². The molecule has 0 aliphatic heterocycles. The Morgan fingerprint density at radius 1 is 1.05 bits per heavy atom. The Morgan fingerprint density at radius 3 is 2.45 bits per heavy atom. The zero-order chi connectivity index (χ0) is 29.1. The molecule has 0 aliphatic carbocycles. The molecule has 16 heteroatoms. The van der Waals surface area contributed by atoms with Crippen molar-refractivity contribution in [2.75, 3.05) is 35.3 Å². The lowest BCUT2D eigenvalue weighted by Gasteiger charge is -2.12. The van der Waals surface area contributed by atoms with E-state index in [-0.39, 0.29) is 6.54 Å². The average Bonchev–Trinajstić information content (AvgIpc) is 3.20. The third kappa shape index (κ3) is 7.20. The van der Waals surface area contributed by atoms with Crippen LogP contribution in [0, 0.1) is 5.82 Å². The predicted octanol–water partition coefficient (Wildman–Crippen LogP) is 4.18. The van der Waals surface area contributed by atoms with Gasteiger partial charge in [0.15, 0.2) is 5.65 Å². The highest BCUT2D eigenvalue weighted by molar-refractivity contribution is 7.88. The van der Waals surface area contributed by atoms with Gasteiger partial charge in [0, 0.05) is 37.6 Å². The summed E-state index contributed by atoms with van der Waals surface area (Å²) < 4.78 is 78.8. The van der Waals surface area contributed by atoms with Crippen molar-refractivity contribution >= 4 is 44.4 Å². The van der Waals surface area contributed by atoms with E-state index < -0.39 is 39.3 Å². The lowest BCUT2D eigenvalue weighted by molar-refractivity contribution is -0.137. The van der Waals surface area contributed by atoms with Crippen molar-refractivity contribution in [3.05, 3.63) is 60.0 Å². The quantitative estimate of drug-likeness (QED) is 0.172. The van der Waals surface area contributed by atoms with Crippen molar-refractivity contribution in [2.24, 2.45) is 7.05 Å². The van der Waals surface area contributed by atoms with E-state index in [1.54, 1.807) is 42.2 Å². The predicted molar refractivity (Wildman–Crippen MR) is 142 cm³/mol. The minimum absolute atomic E-state index is 0.276. The van der Waals surface area contributed by atoms with Gasteiger partial charge in [-0.3, -0.25) is 0 Å². The molecule has 2 aromatic heterocycles. The molecule has 0 radical (unpaired) electrons. The Morgan fingerprint density at radius 2 is 1.77 bits per heavy atom. The van der Waals surface area contributed by atoms with Gasteiger partial charge in [-0.2, -0.15) is 23.3 Å². The fourth-order valence-corrected chi connectivity index (χ4v) is 4.19. The number of fused-ring (bicyclic) bond motifs is 1. The first-order valence-electron chi connectivity index (χ1n) is 11.7. The second-order valence-corrected chi connectivity index (χ2v) is 10.5. The number of aryl methyl sites for hydroxylation is 1. The Bertz CT molecular complexity index is 1640. The molecule has 0 saturated heterocycles. The third-order valence-electron chi connectivity index (χ3n) is 5.54. The van der Waals surface area contributed by atoms with E-state index in [0.29, 0.717) is 65.1 Å². The smallest absolute Gasteiger partial charge is 0.354 e. The largest absolute Gasteiger partial charge is 0.416 e. The van der Waals surface area contributed by atoms with Crippen LogP contribution in [0.5, 0.6) is 0 Å². The number of carbonyl (C=O) groups excluding carboxylic acids is 1. The van der Waals surface area contributed by atoms with Gasteiger partial charge in [-0.1, -0.05) is 12.1 Å². The first-order chi connectivity index (χ1) is 18.8. The molecule has 2 heterocycles. The summed E-state index contributed by atoms with van der Waals surface area (Å²) in [6.45, 7) is 0.722. The van der Waals surface area contributed by atoms with E-state index in [2.05, 4.69) is 35.7 Å². The minimum atomic E-state index is -4.69. The number of nitrogens with zero attached hydrogens (tertiary/aromatic N) is 4. The third-order valence-corrected chi connectivity index (χ3v) is 6.27. The van der Waals surface area contributed by atoms with Crippen LogP contribution in [0.15, 0.2) is 48.7 Å². The van der Waals surface area contributed by atoms with Crippen molar-refractivity contribution in [3.63, 3.8) is 0 Å². The SMILES string of the molecule is Cn1nc(-c2ccc(NC(=O)Nc3cc(C(F)(F)F)ccc3F)cc2)c2cnc(NCCCNS(C)(=O)=O)nc21. The van der Waals surface area contributed by atoms with Gasteiger partial charge in [-0.15, -0.1) is 0 Å². The summed E-state index contributed by atoms with van der Waals surface area (Å²) in [6.07, 6.45) is -1.47. The summed E-state index contributed by atoms with van der Waals surface area (Å²) in [6, 6.07) is 7.26. The molecule has 40 heavy (non-hydrogen) atoms. The molecule has 0 unspecified atom stereocenters. The number of nitrogens with one attached hydrogen (secondary N) is 4.